The fourth-order valence-electron chi connectivity index (χ4n) is 2.81. The monoisotopic (exact) mass is 387 g/mol. The lowest BCUT2D eigenvalue weighted by Gasteiger charge is -2.11. The number of hydrogen-bond donors (Lipinski definition) is 0. The van der Waals surface area contributed by atoms with Crippen LogP contribution >= 0.6 is 11.6 Å². The smallest absolute Gasteiger partial charge is 0.228 e. The standard InChI is InChI=1S/C20H13ClF3N3/c1-12-2-4-14(5-3-12)17-11-19-25-16(13-6-8-15(21)9-7-13)10-18(20(22,23)24)27(19)26-17/h2-11H,1H3. The normalized spacial score (nSPS) is 11.9. The fraction of sp³-hybridized carbons (Fsp3) is 0.100. The first kappa shape index (κ1) is 17.5. The maximum Gasteiger partial charge on any atom is 0.433 e. The van der Waals surface area contributed by atoms with E-state index in [1.807, 2.05) is 31.2 Å². The molecule has 0 N–H and O–H groups in total. The van der Waals surface area contributed by atoms with Crippen LogP contribution in [0.3, 0.4) is 0 Å². The van der Waals surface area contributed by atoms with E-state index in [0.29, 0.717) is 16.3 Å². The van der Waals surface area contributed by atoms with Crippen molar-refractivity contribution in [1.29, 1.82) is 0 Å². The summed E-state index contributed by atoms with van der Waals surface area (Å²) in [6.45, 7) is 1.94. The Morgan fingerprint density at radius 2 is 1.44 bits per heavy atom. The number of aromatic nitrogens is 3. The molecule has 2 aromatic heterocycles. The molecule has 0 radical (unpaired) electrons. The van der Waals surface area contributed by atoms with Crippen LogP contribution in [0.15, 0.2) is 60.7 Å². The van der Waals surface area contributed by atoms with Gasteiger partial charge < -0.3 is 0 Å². The average molecular weight is 388 g/mol. The number of hydrogen-bond acceptors (Lipinski definition) is 2. The van der Waals surface area contributed by atoms with E-state index in [0.717, 1.165) is 21.7 Å². The van der Waals surface area contributed by atoms with Crippen molar-refractivity contribution in [3.63, 3.8) is 0 Å². The molecule has 0 saturated heterocycles. The van der Waals surface area contributed by atoms with Crippen molar-refractivity contribution in [3.05, 3.63) is 76.9 Å². The molecule has 4 rings (SSSR count). The van der Waals surface area contributed by atoms with E-state index in [1.54, 1.807) is 30.3 Å². The lowest BCUT2D eigenvalue weighted by atomic mass is 10.1. The van der Waals surface area contributed by atoms with Gasteiger partial charge in [0.1, 0.15) is 0 Å². The number of halogens is 4. The summed E-state index contributed by atoms with van der Waals surface area (Å²) in [6, 6.07) is 16.5. The third-order valence-electron chi connectivity index (χ3n) is 4.20. The number of aryl methyl sites for hydroxylation is 1. The lowest BCUT2D eigenvalue weighted by Crippen LogP contribution is -2.13. The van der Waals surface area contributed by atoms with Crippen molar-refractivity contribution in [2.45, 2.75) is 13.1 Å². The van der Waals surface area contributed by atoms with E-state index in [2.05, 4.69) is 10.1 Å². The number of alkyl halides is 3. The molecule has 27 heavy (non-hydrogen) atoms. The Morgan fingerprint density at radius 3 is 2.07 bits per heavy atom. The summed E-state index contributed by atoms with van der Waals surface area (Å²) in [5, 5.41) is 4.64. The molecular weight excluding hydrogens is 375 g/mol. The molecule has 0 atom stereocenters. The molecule has 0 aliphatic rings. The summed E-state index contributed by atoms with van der Waals surface area (Å²) in [7, 11) is 0. The van der Waals surface area contributed by atoms with Crippen molar-refractivity contribution in [1.82, 2.24) is 14.6 Å². The zero-order valence-corrected chi connectivity index (χ0v) is 14.9. The van der Waals surface area contributed by atoms with Crippen LogP contribution in [0.5, 0.6) is 0 Å². The first-order valence-electron chi connectivity index (χ1n) is 8.12. The third kappa shape index (κ3) is 3.40. The summed E-state index contributed by atoms with van der Waals surface area (Å²) in [4.78, 5) is 4.37. The Morgan fingerprint density at radius 1 is 0.852 bits per heavy atom. The predicted molar refractivity (Wildman–Crippen MR) is 98.6 cm³/mol. The molecule has 7 heteroatoms. The van der Waals surface area contributed by atoms with Gasteiger partial charge in [0.15, 0.2) is 11.3 Å². The summed E-state index contributed by atoms with van der Waals surface area (Å²) < 4.78 is 41.7. The number of fused-ring (bicyclic) bond motifs is 1. The van der Waals surface area contributed by atoms with Gasteiger partial charge in [0.25, 0.3) is 0 Å². The topological polar surface area (TPSA) is 30.2 Å². The van der Waals surface area contributed by atoms with Crippen molar-refractivity contribution < 1.29 is 13.2 Å². The minimum absolute atomic E-state index is 0.130. The minimum atomic E-state index is -4.57. The highest BCUT2D eigenvalue weighted by Crippen LogP contribution is 2.33. The maximum absolute atomic E-state index is 13.6. The molecule has 0 unspecified atom stereocenters. The lowest BCUT2D eigenvalue weighted by molar-refractivity contribution is -0.142. The van der Waals surface area contributed by atoms with Crippen molar-refractivity contribution >= 4 is 17.2 Å². The molecule has 4 aromatic rings. The summed E-state index contributed by atoms with van der Waals surface area (Å²) >= 11 is 5.87. The van der Waals surface area contributed by atoms with Crippen molar-refractivity contribution in [3.8, 4) is 22.5 Å². The van der Waals surface area contributed by atoms with Gasteiger partial charge in [-0.05, 0) is 25.1 Å². The average Bonchev–Trinajstić information content (AvgIpc) is 3.05. The Balaban J connectivity index is 1.93. The second-order valence-electron chi connectivity index (χ2n) is 6.20. The van der Waals surface area contributed by atoms with Crippen LogP contribution in [-0.2, 0) is 6.18 Å². The molecule has 0 spiro atoms. The Labute approximate surface area is 158 Å². The molecule has 0 fully saturated rings. The highest BCUT2D eigenvalue weighted by molar-refractivity contribution is 6.30. The van der Waals surface area contributed by atoms with E-state index in [9.17, 15) is 13.2 Å². The van der Waals surface area contributed by atoms with Gasteiger partial charge in [0.05, 0.1) is 11.4 Å². The van der Waals surface area contributed by atoms with E-state index in [4.69, 9.17) is 11.6 Å². The molecule has 3 nitrogen and oxygen atoms in total. The van der Waals surface area contributed by atoms with Gasteiger partial charge in [0, 0.05) is 22.2 Å². The molecule has 0 aliphatic carbocycles. The van der Waals surface area contributed by atoms with Crippen LogP contribution in [0.25, 0.3) is 28.2 Å². The van der Waals surface area contributed by atoms with Gasteiger partial charge in [-0.1, -0.05) is 53.6 Å². The van der Waals surface area contributed by atoms with Crippen molar-refractivity contribution in [2.24, 2.45) is 0 Å². The SMILES string of the molecule is Cc1ccc(-c2cc3nc(-c4ccc(Cl)cc4)cc(C(F)(F)F)n3n2)cc1. The summed E-state index contributed by atoms with van der Waals surface area (Å²) in [6.07, 6.45) is -4.57. The highest BCUT2D eigenvalue weighted by atomic mass is 35.5. The Hall–Kier alpha value is -2.86. The number of benzene rings is 2. The van der Waals surface area contributed by atoms with Gasteiger partial charge in [-0.2, -0.15) is 18.3 Å². The highest BCUT2D eigenvalue weighted by Gasteiger charge is 2.35. The molecule has 0 amide bonds. The van der Waals surface area contributed by atoms with Crippen LogP contribution in [0, 0.1) is 6.92 Å². The van der Waals surface area contributed by atoms with Gasteiger partial charge in [-0.25, -0.2) is 9.50 Å². The molecule has 0 bridgehead atoms. The van der Waals surface area contributed by atoms with E-state index < -0.39 is 11.9 Å². The van der Waals surface area contributed by atoms with Gasteiger partial charge in [-0.15, -0.1) is 0 Å². The van der Waals surface area contributed by atoms with Gasteiger partial charge >= 0.3 is 6.18 Å². The van der Waals surface area contributed by atoms with Crippen LogP contribution in [-0.4, -0.2) is 14.6 Å². The zero-order chi connectivity index (χ0) is 19.2. The van der Waals surface area contributed by atoms with E-state index in [1.165, 1.54) is 0 Å². The predicted octanol–water partition coefficient (Wildman–Crippen LogP) is 6.04. The maximum atomic E-state index is 13.6. The van der Waals surface area contributed by atoms with Crippen molar-refractivity contribution in [2.75, 3.05) is 0 Å². The Kier molecular flexibility index (Phi) is 4.15. The second kappa shape index (κ2) is 6.39. The summed E-state index contributed by atoms with van der Waals surface area (Å²) in [5.74, 6) is 0. The number of nitrogens with zero attached hydrogens (tertiary/aromatic N) is 3. The molecule has 2 heterocycles. The second-order valence-corrected chi connectivity index (χ2v) is 6.63. The molecule has 0 aliphatic heterocycles. The Bertz CT molecular complexity index is 1110. The van der Waals surface area contributed by atoms with Gasteiger partial charge in [0.2, 0.25) is 0 Å². The minimum Gasteiger partial charge on any atom is -0.228 e. The fourth-order valence-corrected chi connectivity index (χ4v) is 2.94. The van der Waals surface area contributed by atoms with Gasteiger partial charge in [-0.3, -0.25) is 0 Å². The molecule has 136 valence electrons. The van der Waals surface area contributed by atoms with Crippen LogP contribution in [0.4, 0.5) is 13.2 Å². The number of rotatable bonds is 2. The third-order valence-corrected chi connectivity index (χ3v) is 4.46. The first-order valence-corrected chi connectivity index (χ1v) is 8.50. The molecule has 2 aromatic carbocycles. The quantitative estimate of drug-likeness (QED) is 0.419. The largest absolute Gasteiger partial charge is 0.433 e. The van der Waals surface area contributed by atoms with E-state index >= 15 is 0 Å². The molecule has 0 saturated carbocycles. The first-order chi connectivity index (χ1) is 12.8. The van der Waals surface area contributed by atoms with Crippen LogP contribution < -0.4 is 0 Å². The summed E-state index contributed by atoms with van der Waals surface area (Å²) in [5.41, 5.74) is 2.23. The molecular formula is C20H13ClF3N3. The zero-order valence-electron chi connectivity index (χ0n) is 14.1. The van der Waals surface area contributed by atoms with E-state index in [-0.39, 0.29) is 11.3 Å². The van der Waals surface area contributed by atoms with Crippen LogP contribution in [0.2, 0.25) is 5.02 Å². The van der Waals surface area contributed by atoms with Crippen LogP contribution in [0.1, 0.15) is 11.3 Å².